The van der Waals surface area contributed by atoms with Crippen molar-refractivity contribution in [3.63, 3.8) is 0 Å². The standard InChI is InChI=1S/C29H37N7O4/c1-6-39-24-16-21-19(17-33(5)32-21)15-22(24)31-26(37)35-12-8-20-23(7-11-30-25(20)35)34-13-14-36(29(18-34)9-10-29)27(38)40-28(2,3)4/h7,11,15-17H,6,8-10,12-14,18H2,1-5H3,(H,31,37). The Balaban J connectivity index is 1.21. The summed E-state index contributed by atoms with van der Waals surface area (Å²) in [5.74, 6) is 1.26. The second kappa shape index (κ2) is 9.57. The predicted octanol–water partition coefficient (Wildman–Crippen LogP) is 4.55. The molecule has 0 unspecified atom stereocenters. The van der Waals surface area contributed by atoms with Crippen molar-refractivity contribution >= 4 is 40.2 Å². The smallest absolute Gasteiger partial charge is 0.410 e. The number of amides is 3. The minimum Gasteiger partial charge on any atom is -0.492 e. The van der Waals surface area contributed by atoms with Gasteiger partial charge in [0.15, 0.2) is 0 Å². The second-order valence-electron chi connectivity index (χ2n) is 11.9. The molecule has 2 aromatic heterocycles. The number of fused-ring (bicyclic) bond motifs is 2. The van der Waals surface area contributed by atoms with E-state index >= 15 is 0 Å². The molecular weight excluding hydrogens is 510 g/mol. The molecule has 0 atom stereocenters. The molecule has 0 radical (unpaired) electrons. The van der Waals surface area contributed by atoms with Gasteiger partial charge in [0.05, 0.1) is 23.3 Å². The number of carbonyl (C=O) groups is 2. The molecule has 1 N–H and O–H groups in total. The van der Waals surface area contributed by atoms with E-state index in [1.165, 1.54) is 0 Å². The normalized spacial score (nSPS) is 17.8. The largest absolute Gasteiger partial charge is 0.492 e. The summed E-state index contributed by atoms with van der Waals surface area (Å²) in [6.07, 6.45) is 6.10. The van der Waals surface area contributed by atoms with Crippen molar-refractivity contribution in [2.75, 3.05) is 47.9 Å². The maximum atomic E-state index is 13.5. The van der Waals surface area contributed by atoms with Gasteiger partial charge in [-0.25, -0.2) is 14.6 Å². The topological polar surface area (TPSA) is 105 Å². The first-order valence-electron chi connectivity index (χ1n) is 14.0. The Hall–Kier alpha value is -4.02. The van der Waals surface area contributed by atoms with Crippen molar-refractivity contribution in [2.24, 2.45) is 7.05 Å². The van der Waals surface area contributed by atoms with Crippen LogP contribution in [0.1, 0.15) is 46.1 Å². The Morgan fingerprint density at radius 1 is 1.15 bits per heavy atom. The van der Waals surface area contributed by atoms with Crippen LogP contribution in [0, 0.1) is 0 Å². The van der Waals surface area contributed by atoms with E-state index in [-0.39, 0.29) is 17.7 Å². The van der Waals surface area contributed by atoms with Crippen molar-refractivity contribution in [2.45, 2.75) is 58.1 Å². The summed E-state index contributed by atoms with van der Waals surface area (Å²) < 4.78 is 13.3. The number of rotatable bonds is 4. The van der Waals surface area contributed by atoms with Crippen molar-refractivity contribution in [1.82, 2.24) is 19.7 Å². The molecule has 4 heterocycles. The third kappa shape index (κ3) is 4.77. The molecule has 6 rings (SSSR count). The van der Waals surface area contributed by atoms with E-state index in [4.69, 9.17) is 9.47 Å². The van der Waals surface area contributed by atoms with Crippen molar-refractivity contribution in [3.05, 3.63) is 36.2 Å². The molecule has 1 aliphatic carbocycles. The zero-order valence-electron chi connectivity index (χ0n) is 23.9. The SMILES string of the molecule is CCOc1cc2nn(C)cc2cc1NC(=O)N1CCc2c(N3CCN(C(=O)OC(C)(C)C)C4(CC4)C3)ccnc21. The molecule has 2 aliphatic heterocycles. The minimum atomic E-state index is -0.520. The highest BCUT2D eigenvalue weighted by Gasteiger charge is 2.54. The molecule has 1 saturated carbocycles. The van der Waals surface area contributed by atoms with Crippen molar-refractivity contribution in [3.8, 4) is 5.75 Å². The summed E-state index contributed by atoms with van der Waals surface area (Å²) >= 11 is 0. The number of carbonyl (C=O) groups excluding carboxylic acids is 2. The van der Waals surface area contributed by atoms with Gasteiger partial charge in [0.1, 0.15) is 17.2 Å². The predicted molar refractivity (Wildman–Crippen MR) is 153 cm³/mol. The highest BCUT2D eigenvalue weighted by Crippen LogP contribution is 2.47. The van der Waals surface area contributed by atoms with E-state index in [9.17, 15) is 9.59 Å². The van der Waals surface area contributed by atoms with Crippen molar-refractivity contribution < 1.29 is 19.1 Å². The molecule has 1 saturated heterocycles. The number of piperazine rings is 1. The molecule has 2 fully saturated rings. The van der Waals surface area contributed by atoms with Crippen LogP contribution in [0.5, 0.6) is 5.75 Å². The van der Waals surface area contributed by atoms with Crippen LogP contribution in [0.2, 0.25) is 0 Å². The molecule has 1 aromatic carbocycles. The van der Waals surface area contributed by atoms with Crippen LogP contribution in [0.4, 0.5) is 26.8 Å². The Morgan fingerprint density at radius 2 is 1.95 bits per heavy atom. The van der Waals surface area contributed by atoms with Crippen molar-refractivity contribution in [1.29, 1.82) is 0 Å². The summed E-state index contributed by atoms with van der Waals surface area (Å²) in [5.41, 5.74) is 2.85. The lowest BCUT2D eigenvalue weighted by molar-refractivity contribution is 0.0106. The van der Waals surface area contributed by atoms with Crippen LogP contribution in [-0.4, -0.2) is 75.7 Å². The molecule has 1 spiro atoms. The van der Waals surface area contributed by atoms with E-state index in [1.54, 1.807) is 15.8 Å². The zero-order valence-corrected chi connectivity index (χ0v) is 23.9. The van der Waals surface area contributed by atoms with Gasteiger partial charge in [-0.1, -0.05) is 0 Å². The number of aryl methyl sites for hydroxylation is 1. The van der Waals surface area contributed by atoms with E-state index in [0.29, 0.717) is 49.9 Å². The average Bonchev–Trinajstić information content (AvgIpc) is 3.33. The van der Waals surface area contributed by atoms with Crippen LogP contribution in [0.25, 0.3) is 10.9 Å². The fraction of sp³-hybridized carbons (Fsp3) is 0.517. The summed E-state index contributed by atoms with van der Waals surface area (Å²) in [4.78, 5) is 37.0. The molecule has 3 amide bonds. The number of hydrogen-bond acceptors (Lipinski definition) is 7. The highest BCUT2D eigenvalue weighted by atomic mass is 16.6. The van der Waals surface area contributed by atoms with Gasteiger partial charge in [-0.05, 0) is 59.1 Å². The lowest BCUT2D eigenvalue weighted by Gasteiger charge is -2.43. The summed E-state index contributed by atoms with van der Waals surface area (Å²) in [6, 6.07) is 5.53. The molecule has 40 heavy (non-hydrogen) atoms. The summed E-state index contributed by atoms with van der Waals surface area (Å²) in [5, 5.41) is 8.42. The lowest BCUT2D eigenvalue weighted by atomic mass is 10.1. The quantitative estimate of drug-likeness (QED) is 0.511. The monoisotopic (exact) mass is 547 g/mol. The number of urea groups is 1. The van der Waals surface area contributed by atoms with Gasteiger partial charge >= 0.3 is 12.1 Å². The Bertz CT molecular complexity index is 1470. The first kappa shape index (κ1) is 26.2. The summed E-state index contributed by atoms with van der Waals surface area (Å²) in [7, 11) is 1.87. The first-order chi connectivity index (χ1) is 19.1. The van der Waals surface area contributed by atoms with Gasteiger partial charge in [-0.2, -0.15) is 5.10 Å². The number of benzene rings is 1. The molecule has 0 bridgehead atoms. The number of pyridine rings is 1. The van der Waals surface area contributed by atoms with Gasteiger partial charge in [-0.3, -0.25) is 14.5 Å². The van der Waals surface area contributed by atoms with Gasteiger partial charge in [0.2, 0.25) is 0 Å². The first-order valence-corrected chi connectivity index (χ1v) is 14.0. The van der Waals surface area contributed by atoms with Crippen LogP contribution < -0.4 is 19.9 Å². The minimum absolute atomic E-state index is 0.187. The van der Waals surface area contributed by atoms with E-state index in [1.807, 2.05) is 64.0 Å². The van der Waals surface area contributed by atoms with E-state index in [2.05, 4.69) is 20.3 Å². The number of nitrogens with zero attached hydrogens (tertiary/aromatic N) is 6. The Morgan fingerprint density at radius 3 is 2.67 bits per heavy atom. The Kier molecular flexibility index (Phi) is 6.27. The van der Waals surface area contributed by atoms with Gasteiger partial charge in [0.25, 0.3) is 0 Å². The number of ether oxygens (including phenoxy) is 2. The molecule has 11 heteroatoms. The molecule has 11 nitrogen and oxygen atoms in total. The fourth-order valence-electron chi connectivity index (χ4n) is 5.86. The van der Waals surface area contributed by atoms with E-state index < -0.39 is 5.60 Å². The number of aromatic nitrogens is 3. The van der Waals surface area contributed by atoms with Crippen LogP contribution in [0.3, 0.4) is 0 Å². The van der Waals surface area contributed by atoms with Gasteiger partial charge in [-0.15, -0.1) is 0 Å². The van der Waals surface area contributed by atoms with Gasteiger partial charge < -0.3 is 19.7 Å². The number of hydrogen-bond donors (Lipinski definition) is 1. The summed E-state index contributed by atoms with van der Waals surface area (Å²) in [6.45, 7) is 10.7. The highest BCUT2D eigenvalue weighted by molar-refractivity contribution is 6.05. The maximum absolute atomic E-state index is 13.5. The van der Waals surface area contributed by atoms with Gasteiger partial charge in [0, 0.05) is 68.3 Å². The Labute approximate surface area is 234 Å². The van der Waals surface area contributed by atoms with Crippen LogP contribution in [0.15, 0.2) is 30.6 Å². The number of anilines is 3. The van der Waals surface area contributed by atoms with Crippen LogP contribution >= 0.6 is 0 Å². The molecule has 212 valence electrons. The molecule has 3 aliphatic rings. The number of nitrogens with one attached hydrogen (secondary N) is 1. The van der Waals surface area contributed by atoms with Crippen LogP contribution in [-0.2, 0) is 18.2 Å². The third-order valence-corrected chi connectivity index (χ3v) is 7.79. The third-order valence-electron chi connectivity index (χ3n) is 7.79. The maximum Gasteiger partial charge on any atom is 0.410 e. The fourth-order valence-corrected chi connectivity index (χ4v) is 5.86. The van der Waals surface area contributed by atoms with E-state index in [0.717, 1.165) is 41.5 Å². The average molecular weight is 548 g/mol. The molecule has 3 aromatic rings. The molecular formula is C29H37N7O4. The lowest BCUT2D eigenvalue weighted by Crippen LogP contribution is -2.58. The second-order valence-corrected chi connectivity index (χ2v) is 11.9. The zero-order chi connectivity index (χ0) is 28.2.